The van der Waals surface area contributed by atoms with Gasteiger partial charge in [0.25, 0.3) is 0 Å². The molecule has 2 aromatic rings. The van der Waals surface area contributed by atoms with Gasteiger partial charge in [-0.15, -0.1) is 0 Å². The molecular weight excluding hydrogens is 311 g/mol. The Kier molecular flexibility index (Phi) is 5.31. The van der Waals surface area contributed by atoms with Crippen LogP contribution in [-0.4, -0.2) is 19.6 Å². The molecule has 0 unspecified atom stereocenters. The fourth-order valence-corrected chi connectivity index (χ4v) is 2.03. The minimum Gasteiger partial charge on any atom is -0.495 e. The third-order valence-corrected chi connectivity index (χ3v) is 3.22. The highest BCUT2D eigenvalue weighted by Crippen LogP contribution is 2.27. The summed E-state index contributed by atoms with van der Waals surface area (Å²) in [6.07, 6.45) is 0. The van der Waals surface area contributed by atoms with Gasteiger partial charge in [0.1, 0.15) is 5.75 Å². The number of rotatable bonds is 5. The van der Waals surface area contributed by atoms with Gasteiger partial charge < -0.3 is 15.4 Å². The van der Waals surface area contributed by atoms with E-state index in [9.17, 15) is 4.79 Å². The summed E-state index contributed by atoms with van der Waals surface area (Å²) >= 11 is 11.7. The maximum absolute atomic E-state index is 11.9. The molecular formula is C15H14Cl2N2O2. The van der Waals surface area contributed by atoms with Crippen molar-refractivity contribution in [1.29, 1.82) is 0 Å². The Bertz CT molecular complexity index is 630. The number of nitrogens with one attached hydrogen (secondary N) is 2. The van der Waals surface area contributed by atoms with Crippen LogP contribution in [0.3, 0.4) is 0 Å². The van der Waals surface area contributed by atoms with Crippen LogP contribution < -0.4 is 15.4 Å². The van der Waals surface area contributed by atoms with Crippen LogP contribution >= 0.6 is 23.2 Å². The van der Waals surface area contributed by atoms with Crippen molar-refractivity contribution in [2.75, 3.05) is 24.3 Å². The Balaban J connectivity index is 1.95. The number of amides is 1. The molecule has 0 aliphatic carbocycles. The van der Waals surface area contributed by atoms with Gasteiger partial charge in [0.05, 0.1) is 19.3 Å². The standard InChI is InChI=1S/C15H14Cl2N2O2/c1-21-14-7-4-11(17)8-13(14)18-9-15(20)19-12-5-2-10(16)3-6-12/h2-8,18H,9H2,1H3,(H,19,20). The lowest BCUT2D eigenvalue weighted by atomic mass is 10.3. The normalized spacial score (nSPS) is 10.0. The van der Waals surface area contributed by atoms with Gasteiger partial charge in [0, 0.05) is 15.7 Å². The van der Waals surface area contributed by atoms with Crippen molar-refractivity contribution in [2.24, 2.45) is 0 Å². The molecule has 4 nitrogen and oxygen atoms in total. The zero-order valence-corrected chi connectivity index (χ0v) is 12.8. The van der Waals surface area contributed by atoms with Crippen LogP contribution in [0.4, 0.5) is 11.4 Å². The Hall–Kier alpha value is -1.91. The summed E-state index contributed by atoms with van der Waals surface area (Å²) < 4.78 is 5.20. The predicted molar refractivity (Wildman–Crippen MR) is 86.6 cm³/mol. The monoisotopic (exact) mass is 324 g/mol. The molecule has 0 bridgehead atoms. The van der Waals surface area contributed by atoms with Gasteiger partial charge in [-0.2, -0.15) is 0 Å². The van der Waals surface area contributed by atoms with Crippen molar-refractivity contribution < 1.29 is 9.53 Å². The van der Waals surface area contributed by atoms with Gasteiger partial charge in [-0.1, -0.05) is 23.2 Å². The average molecular weight is 325 g/mol. The molecule has 0 saturated carbocycles. The summed E-state index contributed by atoms with van der Waals surface area (Å²) in [5, 5.41) is 6.93. The Labute approximate surface area is 133 Å². The number of anilines is 2. The molecule has 110 valence electrons. The first-order valence-corrected chi connectivity index (χ1v) is 6.97. The molecule has 0 aromatic heterocycles. The number of benzene rings is 2. The number of carbonyl (C=O) groups excluding carboxylic acids is 1. The van der Waals surface area contributed by atoms with Crippen molar-refractivity contribution in [1.82, 2.24) is 0 Å². The van der Waals surface area contributed by atoms with Crippen molar-refractivity contribution in [3.05, 3.63) is 52.5 Å². The molecule has 2 aromatic carbocycles. The lowest BCUT2D eigenvalue weighted by Crippen LogP contribution is -2.21. The fourth-order valence-electron chi connectivity index (χ4n) is 1.73. The van der Waals surface area contributed by atoms with Crippen LogP contribution in [0.5, 0.6) is 5.75 Å². The number of methoxy groups -OCH3 is 1. The Morgan fingerprint density at radius 1 is 1.10 bits per heavy atom. The van der Waals surface area contributed by atoms with Crippen LogP contribution in [0, 0.1) is 0 Å². The van der Waals surface area contributed by atoms with Gasteiger partial charge >= 0.3 is 0 Å². The smallest absolute Gasteiger partial charge is 0.243 e. The number of ether oxygens (including phenoxy) is 1. The van der Waals surface area contributed by atoms with Gasteiger partial charge in [-0.25, -0.2) is 0 Å². The molecule has 2 N–H and O–H groups in total. The average Bonchev–Trinajstić information content (AvgIpc) is 2.48. The van der Waals surface area contributed by atoms with Crippen molar-refractivity contribution in [3.8, 4) is 5.75 Å². The van der Waals surface area contributed by atoms with Gasteiger partial charge in [-0.05, 0) is 42.5 Å². The fraction of sp³-hybridized carbons (Fsp3) is 0.133. The largest absolute Gasteiger partial charge is 0.495 e. The molecule has 21 heavy (non-hydrogen) atoms. The van der Waals surface area contributed by atoms with Crippen LogP contribution in [-0.2, 0) is 4.79 Å². The molecule has 0 aliphatic rings. The van der Waals surface area contributed by atoms with E-state index in [2.05, 4.69) is 10.6 Å². The first-order chi connectivity index (χ1) is 10.1. The van der Waals surface area contributed by atoms with E-state index < -0.39 is 0 Å². The summed E-state index contributed by atoms with van der Waals surface area (Å²) in [6.45, 7) is 0.0966. The van der Waals surface area contributed by atoms with E-state index in [0.29, 0.717) is 27.2 Å². The first kappa shape index (κ1) is 15.5. The van der Waals surface area contributed by atoms with Crippen LogP contribution in [0.15, 0.2) is 42.5 Å². The molecule has 1 amide bonds. The van der Waals surface area contributed by atoms with E-state index >= 15 is 0 Å². The number of carbonyl (C=O) groups is 1. The zero-order valence-electron chi connectivity index (χ0n) is 11.3. The second kappa shape index (κ2) is 7.20. The van der Waals surface area contributed by atoms with E-state index in [4.69, 9.17) is 27.9 Å². The molecule has 0 aliphatic heterocycles. The lowest BCUT2D eigenvalue weighted by molar-refractivity contribution is -0.114. The summed E-state index contributed by atoms with van der Waals surface area (Å²) in [4.78, 5) is 11.9. The molecule has 0 saturated heterocycles. The van der Waals surface area contributed by atoms with Crippen molar-refractivity contribution >= 4 is 40.5 Å². The van der Waals surface area contributed by atoms with Gasteiger partial charge in [0.2, 0.25) is 5.91 Å². The van der Waals surface area contributed by atoms with E-state index in [1.807, 2.05) is 0 Å². The molecule has 0 atom stereocenters. The SMILES string of the molecule is COc1ccc(Cl)cc1NCC(=O)Nc1ccc(Cl)cc1. The third-order valence-electron chi connectivity index (χ3n) is 2.73. The summed E-state index contributed by atoms with van der Waals surface area (Å²) in [5.41, 5.74) is 1.35. The minimum atomic E-state index is -0.181. The quantitative estimate of drug-likeness (QED) is 0.872. The van der Waals surface area contributed by atoms with Crippen molar-refractivity contribution in [3.63, 3.8) is 0 Å². The third kappa shape index (κ3) is 4.55. The van der Waals surface area contributed by atoms with E-state index in [0.717, 1.165) is 0 Å². The maximum Gasteiger partial charge on any atom is 0.243 e. The van der Waals surface area contributed by atoms with Crippen LogP contribution in [0.1, 0.15) is 0 Å². The maximum atomic E-state index is 11.9. The van der Waals surface area contributed by atoms with Crippen LogP contribution in [0.25, 0.3) is 0 Å². The van der Waals surface area contributed by atoms with Crippen LogP contribution in [0.2, 0.25) is 10.0 Å². The van der Waals surface area contributed by atoms with E-state index in [1.165, 1.54) is 0 Å². The zero-order chi connectivity index (χ0) is 15.2. The number of hydrogen-bond acceptors (Lipinski definition) is 3. The lowest BCUT2D eigenvalue weighted by Gasteiger charge is -2.11. The highest BCUT2D eigenvalue weighted by Gasteiger charge is 2.06. The molecule has 0 fully saturated rings. The second-order valence-corrected chi connectivity index (χ2v) is 5.13. The molecule has 0 spiro atoms. The number of hydrogen-bond donors (Lipinski definition) is 2. The molecule has 2 rings (SSSR count). The Morgan fingerprint density at radius 3 is 2.43 bits per heavy atom. The molecule has 6 heteroatoms. The summed E-state index contributed by atoms with van der Waals surface area (Å²) in [6, 6.07) is 12.1. The predicted octanol–water partition coefficient (Wildman–Crippen LogP) is 4.05. The van der Waals surface area contributed by atoms with E-state index in [-0.39, 0.29) is 12.5 Å². The molecule has 0 heterocycles. The second-order valence-electron chi connectivity index (χ2n) is 4.25. The minimum absolute atomic E-state index is 0.0966. The summed E-state index contributed by atoms with van der Waals surface area (Å²) in [7, 11) is 1.56. The van der Waals surface area contributed by atoms with Crippen molar-refractivity contribution in [2.45, 2.75) is 0 Å². The summed E-state index contributed by atoms with van der Waals surface area (Å²) in [5.74, 6) is 0.443. The first-order valence-electron chi connectivity index (χ1n) is 6.21. The number of halogens is 2. The van der Waals surface area contributed by atoms with Gasteiger partial charge in [0.15, 0.2) is 0 Å². The highest BCUT2D eigenvalue weighted by molar-refractivity contribution is 6.31. The highest BCUT2D eigenvalue weighted by atomic mass is 35.5. The topological polar surface area (TPSA) is 50.4 Å². The Morgan fingerprint density at radius 2 is 1.76 bits per heavy atom. The van der Waals surface area contributed by atoms with Gasteiger partial charge in [-0.3, -0.25) is 4.79 Å². The molecule has 0 radical (unpaired) electrons. The van der Waals surface area contributed by atoms with E-state index in [1.54, 1.807) is 49.6 Å².